The topological polar surface area (TPSA) is 60.9 Å². The fourth-order valence-electron chi connectivity index (χ4n) is 4.94. The number of thiocarbonyl (C=S) groups is 1. The van der Waals surface area contributed by atoms with E-state index >= 15 is 0 Å². The van der Waals surface area contributed by atoms with E-state index in [1.807, 2.05) is 12.1 Å². The number of amides is 1. The van der Waals surface area contributed by atoms with Gasteiger partial charge in [0, 0.05) is 29.9 Å². The van der Waals surface area contributed by atoms with E-state index in [0.717, 1.165) is 5.56 Å². The van der Waals surface area contributed by atoms with Crippen molar-refractivity contribution in [3.05, 3.63) is 64.6 Å². The Balaban J connectivity index is 1.45. The highest BCUT2D eigenvalue weighted by Gasteiger charge is 2.42. The van der Waals surface area contributed by atoms with Crippen LogP contribution in [0.5, 0.6) is 0 Å². The van der Waals surface area contributed by atoms with Crippen LogP contribution in [0.15, 0.2) is 53.4 Å². The average Bonchev–Trinajstić information content (AvgIpc) is 3.41. The van der Waals surface area contributed by atoms with E-state index in [4.69, 9.17) is 17.3 Å². The Morgan fingerprint density at radius 2 is 2.00 bits per heavy atom. The van der Waals surface area contributed by atoms with Crippen LogP contribution in [0.3, 0.4) is 0 Å². The number of carbonyl (C=O) groups is 2. The maximum absolute atomic E-state index is 12.7. The fraction of sp³-hybridized carbons (Fsp3) is 0.292. The molecule has 5 rings (SSSR count). The van der Waals surface area contributed by atoms with Gasteiger partial charge in [-0.15, -0.1) is 0 Å². The summed E-state index contributed by atoms with van der Waals surface area (Å²) in [4.78, 5) is 28.0. The van der Waals surface area contributed by atoms with Crippen molar-refractivity contribution in [2.24, 2.45) is 0 Å². The van der Waals surface area contributed by atoms with Crippen molar-refractivity contribution in [3.63, 3.8) is 0 Å². The number of aliphatic carboxylic acids is 1. The van der Waals surface area contributed by atoms with Crippen LogP contribution in [0.2, 0.25) is 0 Å². The first kappa shape index (κ1) is 20.3. The third-order valence-corrected chi connectivity index (χ3v) is 7.65. The van der Waals surface area contributed by atoms with E-state index in [1.165, 1.54) is 52.9 Å². The number of para-hydroxylation sites is 1. The number of anilines is 2. The summed E-state index contributed by atoms with van der Waals surface area (Å²) in [5.74, 6) is -0.638. The molecule has 0 bridgehead atoms. The molecule has 2 heterocycles. The lowest BCUT2D eigenvalue weighted by molar-refractivity contribution is -0.137. The summed E-state index contributed by atoms with van der Waals surface area (Å²) in [5, 5.41) is 8.91. The minimum atomic E-state index is -0.939. The summed E-state index contributed by atoms with van der Waals surface area (Å²) in [6.45, 7) is 0.108. The highest BCUT2D eigenvalue weighted by atomic mass is 32.2. The number of carboxylic acid groups (broad SMARTS) is 1. The van der Waals surface area contributed by atoms with Gasteiger partial charge in [-0.2, -0.15) is 0 Å². The molecular formula is C24H22N2O3S2. The van der Waals surface area contributed by atoms with Gasteiger partial charge in [-0.3, -0.25) is 14.5 Å². The number of nitrogens with zero attached hydrogens (tertiary/aromatic N) is 2. The second-order valence-corrected chi connectivity index (χ2v) is 9.78. The van der Waals surface area contributed by atoms with Crippen LogP contribution >= 0.6 is 24.0 Å². The van der Waals surface area contributed by atoms with Gasteiger partial charge in [-0.25, -0.2) is 0 Å². The van der Waals surface area contributed by atoms with Gasteiger partial charge in [0.25, 0.3) is 5.91 Å². The van der Waals surface area contributed by atoms with Crippen LogP contribution in [-0.2, 0) is 9.59 Å². The van der Waals surface area contributed by atoms with Gasteiger partial charge in [-0.05, 0) is 54.3 Å². The Kier molecular flexibility index (Phi) is 5.32. The quantitative estimate of drug-likeness (QED) is 0.502. The zero-order valence-electron chi connectivity index (χ0n) is 16.9. The number of carbonyl (C=O) groups excluding carboxylic acids is 1. The van der Waals surface area contributed by atoms with Crippen molar-refractivity contribution in [1.29, 1.82) is 0 Å². The summed E-state index contributed by atoms with van der Waals surface area (Å²) in [6.07, 6.45) is 5.37. The molecule has 2 unspecified atom stereocenters. The normalized spacial score (nSPS) is 23.5. The predicted molar refractivity (Wildman–Crippen MR) is 128 cm³/mol. The Bertz CT molecular complexity index is 1100. The summed E-state index contributed by atoms with van der Waals surface area (Å²) < 4.78 is 0.421. The number of thioether (sulfide) groups is 1. The SMILES string of the molecule is O=C(O)CCN1C(=O)/C(=C\c2ccc3c(c2)C2CCCC2N3c2ccccc2)SC1=S. The maximum Gasteiger partial charge on any atom is 0.305 e. The number of rotatable bonds is 5. The molecule has 2 aromatic carbocycles. The molecular weight excluding hydrogens is 428 g/mol. The lowest BCUT2D eigenvalue weighted by Gasteiger charge is -2.27. The summed E-state index contributed by atoms with van der Waals surface area (Å²) in [5.41, 5.74) is 4.82. The van der Waals surface area contributed by atoms with Crippen molar-refractivity contribution >= 4 is 57.6 Å². The van der Waals surface area contributed by atoms with Gasteiger partial charge in [0.05, 0.1) is 11.3 Å². The van der Waals surface area contributed by atoms with Gasteiger partial charge in [0.15, 0.2) is 0 Å². The van der Waals surface area contributed by atoms with Gasteiger partial charge < -0.3 is 10.0 Å². The van der Waals surface area contributed by atoms with Crippen LogP contribution < -0.4 is 4.90 Å². The van der Waals surface area contributed by atoms with Crippen LogP contribution in [0.1, 0.15) is 42.7 Å². The van der Waals surface area contributed by atoms with Crippen LogP contribution in [-0.4, -0.2) is 38.8 Å². The zero-order chi connectivity index (χ0) is 21.5. The number of benzene rings is 2. The number of hydrogen-bond donors (Lipinski definition) is 1. The Morgan fingerprint density at radius 3 is 2.77 bits per heavy atom. The Labute approximate surface area is 190 Å². The van der Waals surface area contributed by atoms with Crippen molar-refractivity contribution in [3.8, 4) is 0 Å². The van der Waals surface area contributed by atoms with Crippen molar-refractivity contribution in [2.45, 2.75) is 37.6 Å². The van der Waals surface area contributed by atoms with E-state index in [-0.39, 0.29) is 18.9 Å². The first-order chi connectivity index (χ1) is 15.0. The monoisotopic (exact) mass is 450 g/mol. The average molecular weight is 451 g/mol. The molecule has 158 valence electrons. The molecule has 0 aromatic heterocycles. The van der Waals surface area contributed by atoms with E-state index in [2.05, 4.69) is 47.4 Å². The van der Waals surface area contributed by atoms with Crippen molar-refractivity contribution < 1.29 is 14.7 Å². The standard InChI is InChI=1S/C24H22N2O3S2/c27-22(28)11-12-25-23(29)21(31-24(25)30)14-15-9-10-20-18(13-15)17-7-4-8-19(17)26(20)16-5-2-1-3-6-16/h1-3,5-6,9-10,13-14,17,19H,4,7-8,11-12H2,(H,27,28)/b21-14+. The molecule has 1 aliphatic carbocycles. The Morgan fingerprint density at radius 1 is 1.19 bits per heavy atom. The third kappa shape index (κ3) is 3.66. The molecule has 2 atom stereocenters. The smallest absolute Gasteiger partial charge is 0.305 e. The van der Waals surface area contributed by atoms with Gasteiger partial charge in [0.2, 0.25) is 0 Å². The molecule has 1 N–H and O–H groups in total. The minimum Gasteiger partial charge on any atom is -0.481 e. The third-order valence-electron chi connectivity index (χ3n) is 6.28. The maximum atomic E-state index is 12.7. The first-order valence-corrected chi connectivity index (χ1v) is 11.7. The van der Waals surface area contributed by atoms with E-state index in [0.29, 0.717) is 21.2 Å². The molecule has 7 heteroatoms. The molecule has 0 radical (unpaired) electrons. The summed E-state index contributed by atoms with van der Waals surface area (Å²) >= 11 is 6.54. The lowest BCUT2D eigenvalue weighted by Crippen LogP contribution is -2.30. The molecule has 2 aromatic rings. The molecule has 0 spiro atoms. The van der Waals surface area contributed by atoms with Crippen LogP contribution in [0.4, 0.5) is 11.4 Å². The number of carboxylic acids is 1. The predicted octanol–water partition coefficient (Wildman–Crippen LogP) is 5.15. The highest BCUT2D eigenvalue weighted by Crippen LogP contribution is 2.52. The van der Waals surface area contributed by atoms with Gasteiger partial charge >= 0.3 is 5.97 Å². The van der Waals surface area contributed by atoms with Crippen LogP contribution in [0, 0.1) is 0 Å². The second-order valence-electron chi connectivity index (χ2n) is 8.11. The van der Waals surface area contributed by atoms with Gasteiger partial charge in [-0.1, -0.05) is 54.7 Å². The summed E-state index contributed by atoms with van der Waals surface area (Å²) in [6, 6.07) is 17.5. The molecule has 1 saturated carbocycles. The summed E-state index contributed by atoms with van der Waals surface area (Å²) in [7, 11) is 0. The fourth-order valence-corrected chi connectivity index (χ4v) is 6.25. The molecule has 31 heavy (non-hydrogen) atoms. The van der Waals surface area contributed by atoms with E-state index in [1.54, 1.807) is 0 Å². The minimum absolute atomic E-state index is 0.108. The number of hydrogen-bond acceptors (Lipinski definition) is 5. The van der Waals surface area contributed by atoms with E-state index < -0.39 is 5.97 Å². The largest absolute Gasteiger partial charge is 0.481 e. The Hall–Kier alpha value is -2.64. The van der Waals surface area contributed by atoms with Crippen LogP contribution in [0.25, 0.3) is 6.08 Å². The molecule has 1 amide bonds. The molecule has 5 nitrogen and oxygen atoms in total. The first-order valence-electron chi connectivity index (χ1n) is 10.5. The lowest BCUT2D eigenvalue weighted by atomic mass is 9.96. The molecule has 2 fully saturated rings. The molecule has 2 aliphatic heterocycles. The highest BCUT2D eigenvalue weighted by molar-refractivity contribution is 8.26. The number of fused-ring (bicyclic) bond motifs is 3. The van der Waals surface area contributed by atoms with Crippen molar-refractivity contribution in [1.82, 2.24) is 4.90 Å². The zero-order valence-corrected chi connectivity index (χ0v) is 18.5. The second kappa shape index (κ2) is 8.13. The van der Waals surface area contributed by atoms with Crippen molar-refractivity contribution in [2.75, 3.05) is 11.4 Å². The molecule has 3 aliphatic rings. The molecule has 1 saturated heterocycles. The van der Waals surface area contributed by atoms with Gasteiger partial charge in [0.1, 0.15) is 4.32 Å². The van der Waals surface area contributed by atoms with E-state index in [9.17, 15) is 9.59 Å².